The zero-order valence-corrected chi connectivity index (χ0v) is 19.0. The fraction of sp³-hybridized carbons (Fsp3) is 0.148. The van der Waals surface area contributed by atoms with Crippen molar-refractivity contribution in [3.8, 4) is 6.07 Å². The normalized spacial score (nSPS) is 14.8. The highest BCUT2D eigenvalue weighted by molar-refractivity contribution is 6.15. The van der Waals surface area contributed by atoms with Crippen LogP contribution in [0.3, 0.4) is 0 Å². The Morgan fingerprint density at radius 2 is 1.86 bits per heavy atom. The number of pyridine rings is 1. The molecule has 2 aromatic carbocycles. The minimum absolute atomic E-state index is 0.135. The largest absolute Gasteiger partial charge is 0.322 e. The third-order valence-electron chi connectivity index (χ3n) is 5.98. The van der Waals surface area contributed by atoms with E-state index in [-0.39, 0.29) is 28.9 Å². The number of nitrogens with zero attached hydrogens (tertiary/aromatic N) is 5. The van der Waals surface area contributed by atoms with Crippen LogP contribution in [-0.4, -0.2) is 32.6 Å². The Bertz CT molecular complexity index is 1440. The van der Waals surface area contributed by atoms with Gasteiger partial charge in [-0.1, -0.05) is 42.5 Å². The van der Waals surface area contributed by atoms with Gasteiger partial charge < -0.3 is 10.2 Å². The molecule has 0 bridgehead atoms. The Morgan fingerprint density at radius 3 is 2.60 bits per heavy atom. The van der Waals surface area contributed by atoms with Crippen LogP contribution < -0.4 is 10.2 Å². The van der Waals surface area contributed by atoms with Crippen LogP contribution in [0.1, 0.15) is 44.6 Å². The average Bonchev–Trinajstić information content (AvgIpc) is 3.30. The van der Waals surface area contributed by atoms with Gasteiger partial charge in [0.05, 0.1) is 24.3 Å². The molecule has 8 nitrogen and oxygen atoms in total. The van der Waals surface area contributed by atoms with Gasteiger partial charge in [0, 0.05) is 17.6 Å². The highest BCUT2D eigenvalue weighted by Gasteiger charge is 2.35. The number of fused-ring (bicyclic) bond motifs is 1. The second-order valence-electron chi connectivity index (χ2n) is 8.44. The molecule has 35 heavy (non-hydrogen) atoms. The minimum Gasteiger partial charge on any atom is -0.322 e. The number of amides is 2. The van der Waals surface area contributed by atoms with Crippen molar-refractivity contribution in [1.29, 1.82) is 5.26 Å². The van der Waals surface area contributed by atoms with Gasteiger partial charge in [-0.15, -0.1) is 0 Å². The number of rotatable bonds is 5. The zero-order chi connectivity index (χ0) is 24.4. The van der Waals surface area contributed by atoms with Crippen molar-refractivity contribution in [3.63, 3.8) is 0 Å². The number of aromatic nitrogens is 3. The van der Waals surface area contributed by atoms with Crippen LogP contribution in [0.4, 0.5) is 11.4 Å². The molecule has 3 heterocycles. The first-order valence-electron chi connectivity index (χ1n) is 11.2. The quantitative estimate of drug-likeness (QED) is 0.482. The van der Waals surface area contributed by atoms with E-state index >= 15 is 0 Å². The summed E-state index contributed by atoms with van der Waals surface area (Å²) in [5.74, 6) is -0.753. The van der Waals surface area contributed by atoms with Gasteiger partial charge in [-0.3, -0.25) is 14.3 Å². The van der Waals surface area contributed by atoms with Crippen LogP contribution in [0.25, 0.3) is 0 Å². The molecule has 2 aromatic heterocycles. The van der Waals surface area contributed by atoms with E-state index in [1.807, 2.05) is 55.5 Å². The molecular formula is C27H22N6O2. The van der Waals surface area contributed by atoms with E-state index in [0.29, 0.717) is 12.2 Å². The number of nitriles is 1. The predicted octanol–water partition coefficient (Wildman–Crippen LogP) is 4.04. The summed E-state index contributed by atoms with van der Waals surface area (Å²) in [6, 6.07) is 23.0. The number of hydrogen-bond donors (Lipinski definition) is 1. The molecule has 2 amide bonds. The summed E-state index contributed by atoms with van der Waals surface area (Å²) in [7, 11) is 0. The van der Waals surface area contributed by atoms with Crippen LogP contribution in [-0.2, 0) is 13.0 Å². The van der Waals surface area contributed by atoms with E-state index in [4.69, 9.17) is 5.26 Å². The first-order chi connectivity index (χ1) is 17.0. The lowest BCUT2D eigenvalue weighted by molar-refractivity contribution is 0.0933. The number of benzene rings is 2. The number of nitrogens with one attached hydrogen (secondary N) is 1. The third-order valence-corrected chi connectivity index (χ3v) is 5.98. The fourth-order valence-electron chi connectivity index (χ4n) is 4.31. The second kappa shape index (κ2) is 9.23. The smallest absolute Gasteiger partial charge is 0.277 e. The Morgan fingerprint density at radius 1 is 1.11 bits per heavy atom. The van der Waals surface area contributed by atoms with E-state index in [1.165, 1.54) is 24.0 Å². The van der Waals surface area contributed by atoms with Crippen LogP contribution in [0.2, 0.25) is 0 Å². The predicted molar refractivity (Wildman–Crippen MR) is 131 cm³/mol. The summed E-state index contributed by atoms with van der Waals surface area (Å²) in [4.78, 5) is 32.2. The van der Waals surface area contributed by atoms with Crippen molar-refractivity contribution in [3.05, 3.63) is 107 Å². The fourth-order valence-corrected chi connectivity index (χ4v) is 4.31. The molecule has 5 rings (SSSR count). The molecule has 1 atom stereocenters. The highest BCUT2D eigenvalue weighted by atomic mass is 16.2. The van der Waals surface area contributed by atoms with Crippen LogP contribution in [0, 0.1) is 11.3 Å². The Hall–Kier alpha value is -4.77. The third kappa shape index (κ3) is 4.39. The van der Waals surface area contributed by atoms with Crippen molar-refractivity contribution >= 4 is 23.2 Å². The lowest BCUT2D eigenvalue weighted by atomic mass is 10.0. The number of hydrogen-bond acceptors (Lipinski definition) is 5. The molecular weight excluding hydrogens is 440 g/mol. The first-order valence-corrected chi connectivity index (χ1v) is 11.2. The average molecular weight is 463 g/mol. The van der Waals surface area contributed by atoms with Gasteiger partial charge in [0.1, 0.15) is 17.5 Å². The summed E-state index contributed by atoms with van der Waals surface area (Å²) in [5.41, 5.74) is 4.17. The lowest BCUT2D eigenvalue weighted by Gasteiger charge is -2.34. The van der Waals surface area contributed by atoms with Gasteiger partial charge in [0.15, 0.2) is 0 Å². The maximum absolute atomic E-state index is 13.6. The summed E-state index contributed by atoms with van der Waals surface area (Å²) >= 11 is 0. The monoisotopic (exact) mass is 462 g/mol. The SMILES string of the molecule is C[C@H]1Cn2ncc(C(=O)Nc3ccnc(C#N)c3)c2C(=O)N1c1ccc(Cc2ccccc2)cc1. The van der Waals surface area contributed by atoms with Gasteiger partial charge in [-0.25, -0.2) is 4.98 Å². The lowest BCUT2D eigenvalue weighted by Crippen LogP contribution is -2.47. The van der Waals surface area contributed by atoms with Gasteiger partial charge in [-0.2, -0.15) is 10.4 Å². The molecule has 1 N–H and O–H groups in total. The van der Waals surface area contributed by atoms with E-state index in [9.17, 15) is 9.59 Å². The summed E-state index contributed by atoms with van der Waals surface area (Å²) in [5, 5.41) is 16.1. The van der Waals surface area contributed by atoms with Gasteiger partial charge in [-0.05, 0) is 48.7 Å². The molecule has 0 spiro atoms. The molecule has 0 fully saturated rings. The van der Waals surface area contributed by atoms with E-state index < -0.39 is 5.91 Å². The maximum atomic E-state index is 13.6. The number of carbonyl (C=O) groups excluding carboxylic acids is 2. The van der Waals surface area contributed by atoms with E-state index in [1.54, 1.807) is 15.6 Å². The van der Waals surface area contributed by atoms with Crippen LogP contribution >= 0.6 is 0 Å². The molecule has 0 saturated heterocycles. The van der Waals surface area contributed by atoms with Gasteiger partial charge in [0.25, 0.3) is 11.8 Å². The minimum atomic E-state index is -0.470. The molecule has 8 heteroatoms. The van der Waals surface area contributed by atoms with Crippen molar-refractivity contribution < 1.29 is 9.59 Å². The van der Waals surface area contributed by atoms with Crippen LogP contribution in [0.5, 0.6) is 0 Å². The Labute approximate surface area is 202 Å². The number of carbonyl (C=O) groups is 2. The standard InChI is InChI=1S/C27H22N6O2/c1-18-17-32-25(24(16-30-32)26(34)31-21-11-12-29-22(14-21)15-28)27(35)33(18)23-9-7-20(8-10-23)13-19-5-3-2-4-6-19/h2-12,14,16,18H,13,17H2,1H3,(H,29,31,34)/t18-/m0/s1. The Kier molecular flexibility index (Phi) is 5.81. The van der Waals surface area contributed by atoms with Crippen molar-refractivity contribution in [2.45, 2.75) is 25.9 Å². The van der Waals surface area contributed by atoms with Crippen molar-refractivity contribution in [1.82, 2.24) is 14.8 Å². The van der Waals surface area contributed by atoms with E-state index in [0.717, 1.165) is 17.7 Å². The molecule has 0 saturated carbocycles. The van der Waals surface area contributed by atoms with Crippen LogP contribution in [0.15, 0.2) is 79.1 Å². The molecule has 0 radical (unpaired) electrons. The maximum Gasteiger partial charge on any atom is 0.277 e. The summed E-state index contributed by atoms with van der Waals surface area (Å²) in [6.45, 7) is 2.43. The molecule has 1 aliphatic rings. The first kappa shape index (κ1) is 22.0. The molecule has 1 aliphatic heterocycles. The molecule has 0 unspecified atom stereocenters. The number of anilines is 2. The Balaban J connectivity index is 1.38. The molecule has 4 aromatic rings. The highest BCUT2D eigenvalue weighted by Crippen LogP contribution is 2.28. The molecule has 0 aliphatic carbocycles. The zero-order valence-electron chi connectivity index (χ0n) is 19.0. The second-order valence-corrected chi connectivity index (χ2v) is 8.44. The topological polar surface area (TPSA) is 104 Å². The van der Waals surface area contributed by atoms with E-state index in [2.05, 4.69) is 27.5 Å². The van der Waals surface area contributed by atoms with Crippen molar-refractivity contribution in [2.75, 3.05) is 10.2 Å². The van der Waals surface area contributed by atoms with Gasteiger partial charge in [0.2, 0.25) is 0 Å². The summed E-state index contributed by atoms with van der Waals surface area (Å²) < 4.78 is 1.58. The van der Waals surface area contributed by atoms with Gasteiger partial charge >= 0.3 is 0 Å². The summed E-state index contributed by atoms with van der Waals surface area (Å²) in [6.07, 6.45) is 3.66. The molecule has 172 valence electrons. The van der Waals surface area contributed by atoms with Crippen molar-refractivity contribution in [2.24, 2.45) is 0 Å².